The highest BCUT2D eigenvalue weighted by Gasteiger charge is 2.72. The van der Waals surface area contributed by atoms with Crippen molar-refractivity contribution in [3.05, 3.63) is 24.2 Å². The third-order valence-corrected chi connectivity index (χ3v) is 11.5. The van der Waals surface area contributed by atoms with Crippen molar-refractivity contribution in [1.82, 2.24) is 14.6 Å². The summed E-state index contributed by atoms with van der Waals surface area (Å²) in [5.41, 5.74) is 5.78. The summed E-state index contributed by atoms with van der Waals surface area (Å²) in [5.74, 6) is -2.42. The molecule has 1 unspecified atom stereocenters. The number of nitrogens with zero attached hydrogens (tertiary/aromatic N) is 3. The van der Waals surface area contributed by atoms with Gasteiger partial charge in [-0.25, -0.2) is 9.50 Å². The van der Waals surface area contributed by atoms with Crippen LogP contribution in [0.2, 0.25) is 18.1 Å². The average molecular weight is 451 g/mol. The van der Waals surface area contributed by atoms with Crippen LogP contribution in [-0.2, 0) is 24.4 Å². The molecule has 2 aromatic heterocycles. The Kier molecular flexibility index (Phi) is 4.91. The summed E-state index contributed by atoms with van der Waals surface area (Å²) in [7, 11) is -2.04. The minimum absolute atomic E-state index is 0.0453. The average Bonchev–Trinajstić information content (AvgIpc) is 3.22. The summed E-state index contributed by atoms with van der Waals surface area (Å²) in [6, 6.07) is 3.49. The van der Waals surface area contributed by atoms with Gasteiger partial charge in [-0.3, -0.25) is 0 Å². The maximum absolute atomic E-state index is 12.0. The fraction of sp³-hybridized carbons (Fsp3) is 0.714. The molecule has 4 rings (SSSR count). The van der Waals surface area contributed by atoms with Crippen molar-refractivity contribution in [2.75, 3.05) is 12.3 Å². The first kappa shape index (κ1) is 22.6. The number of ether oxygens (including phenoxy) is 3. The molecule has 31 heavy (non-hydrogen) atoms. The van der Waals surface area contributed by atoms with Crippen LogP contribution in [0.4, 0.5) is 5.82 Å². The molecule has 172 valence electrons. The van der Waals surface area contributed by atoms with Crippen molar-refractivity contribution >= 4 is 19.7 Å². The molecule has 3 N–H and O–H groups in total. The van der Waals surface area contributed by atoms with Gasteiger partial charge in [0.15, 0.2) is 25.5 Å². The Morgan fingerprint density at radius 2 is 1.90 bits per heavy atom. The molecule has 2 aliphatic heterocycles. The van der Waals surface area contributed by atoms with Gasteiger partial charge in [0.25, 0.3) is 0 Å². The normalized spacial score (nSPS) is 33.2. The van der Waals surface area contributed by atoms with Crippen LogP contribution < -0.4 is 5.73 Å². The first-order chi connectivity index (χ1) is 14.1. The van der Waals surface area contributed by atoms with Crippen molar-refractivity contribution in [2.45, 2.75) is 89.1 Å². The molecular weight excluding hydrogens is 416 g/mol. The topological polar surface area (TPSA) is 113 Å². The van der Waals surface area contributed by atoms with Crippen molar-refractivity contribution in [1.29, 1.82) is 0 Å². The van der Waals surface area contributed by atoms with Crippen LogP contribution in [-0.4, -0.2) is 58.2 Å². The molecule has 4 atom stereocenters. The molecule has 4 heterocycles. The van der Waals surface area contributed by atoms with E-state index in [9.17, 15) is 5.11 Å². The van der Waals surface area contributed by atoms with Gasteiger partial charge in [0.1, 0.15) is 29.7 Å². The van der Waals surface area contributed by atoms with Crippen molar-refractivity contribution < 1.29 is 23.7 Å². The summed E-state index contributed by atoms with van der Waals surface area (Å²) in [6.07, 6.45) is 0.274. The summed E-state index contributed by atoms with van der Waals surface area (Å²) >= 11 is 0. The molecule has 2 aromatic rings. The number of fused-ring (bicyclic) bond motifs is 2. The zero-order valence-electron chi connectivity index (χ0n) is 19.6. The van der Waals surface area contributed by atoms with E-state index in [0.29, 0.717) is 23.6 Å². The van der Waals surface area contributed by atoms with Gasteiger partial charge in [-0.05, 0) is 51.0 Å². The highest BCUT2D eigenvalue weighted by Crippen LogP contribution is 2.55. The van der Waals surface area contributed by atoms with Gasteiger partial charge in [-0.15, -0.1) is 0 Å². The largest absolute Gasteiger partial charge is 0.414 e. The Morgan fingerprint density at radius 1 is 1.23 bits per heavy atom. The van der Waals surface area contributed by atoms with E-state index in [4.69, 9.17) is 24.4 Å². The van der Waals surface area contributed by atoms with Gasteiger partial charge >= 0.3 is 0 Å². The van der Waals surface area contributed by atoms with Crippen molar-refractivity contribution in [3.8, 4) is 0 Å². The number of hydrogen-bond acceptors (Lipinski definition) is 8. The van der Waals surface area contributed by atoms with Gasteiger partial charge in [0, 0.05) is 0 Å². The standard InChI is InChI=1S/C21H34N4O5Si/c1-18(2,3)31(7,8)27-11-14-16-20(6,30-19(4,5)29-16)21(26,28-14)15-10-9-13-17(22)23-12-24-25(13)15/h9-10,12,14,16,26H,11H2,1-8H3,(H2,22,23,24)/t14-,16-,20-,21?/m1/s1. The number of hydrogen-bond donors (Lipinski definition) is 2. The smallest absolute Gasteiger partial charge is 0.243 e. The molecule has 0 saturated carbocycles. The van der Waals surface area contributed by atoms with E-state index >= 15 is 0 Å². The van der Waals surface area contributed by atoms with Gasteiger partial charge in [0.2, 0.25) is 5.79 Å². The lowest BCUT2D eigenvalue weighted by Crippen LogP contribution is -2.52. The molecule has 2 aliphatic rings. The van der Waals surface area contributed by atoms with E-state index in [0.717, 1.165) is 0 Å². The Balaban J connectivity index is 1.74. The molecule has 0 aliphatic carbocycles. The fourth-order valence-corrected chi connectivity index (χ4v) is 5.27. The second-order valence-electron chi connectivity index (χ2n) is 10.7. The van der Waals surface area contributed by atoms with Gasteiger partial charge in [-0.1, -0.05) is 20.8 Å². The Bertz CT molecular complexity index is 1000. The maximum Gasteiger partial charge on any atom is 0.243 e. The van der Waals surface area contributed by atoms with E-state index in [1.807, 2.05) is 20.8 Å². The minimum atomic E-state index is -2.04. The lowest BCUT2D eigenvalue weighted by molar-refractivity contribution is -0.311. The summed E-state index contributed by atoms with van der Waals surface area (Å²) in [6.45, 7) is 16.7. The Labute approximate surface area is 184 Å². The second kappa shape index (κ2) is 6.72. The summed E-state index contributed by atoms with van der Waals surface area (Å²) < 4.78 is 26.8. The molecule has 0 amide bonds. The predicted molar refractivity (Wildman–Crippen MR) is 118 cm³/mol. The van der Waals surface area contributed by atoms with E-state index in [1.165, 1.54) is 10.8 Å². The molecule has 0 bridgehead atoms. The number of anilines is 1. The molecule has 2 saturated heterocycles. The van der Waals surface area contributed by atoms with Crippen LogP contribution in [0.1, 0.15) is 47.2 Å². The predicted octanol–water partition coefficient (Wildman–Crippen LogP) is 2.79. The Morgan fingerprint density at radius 3 is 2.55 bits per heavy atom. The highest BCUT2D eigenvalue weighted by molar-refractivity contribution is 6.74. The zero-order chi connectivity index (χ0) is 23.0. The molecule has 10 heteroatoms. The number of rotatable bonds is 4. The van der Waals surface area contributed by atoms with E-state index in [1.54, 1.807) is 12.1 Å². The number of aromatic nitrogens is 3. The third-order valence-electron chi connectivity index (χ3n) is 6.99. The maximum atomic E-state index is 12.0. The van der Waals surface area contributed by atoms with Crippen LogP contribution in [0.25, 0.3) is 5.52 Å². The monoisotopic (exact) mass is 450 g/mol. The zero-order valence-corrected chi connectivity index (χ0v) is 20.6. The third kappa shape index (κ3) is 3.31. The summed E-state index contributed by atoms with van der Waals surface area (Å²) in [4.78, 5) is 4.02. The quantitative estimate of drug-likeness (QED) is 0.684. The first-order valence-corrected chi connectivity index (χ1v) is 13.5. The molecule has 9 nitrogen and oxygen atoms in total. The number of nitrogen functional groups attached to an aromatic ring is 1. The highest BCUT2D eigenvalue weighted by atomic mass is 28.4. The minimum Gasteiger partial charge on any atom is -0.414 e. The van der Waals surface area contributed by atoms with E-state index in [2.05, 4.69) is 43.9 Å². The van der Waals surface area contributed by atoms with Gasteiger partial charge in [-0.2, -0.15) is 5.10 Å². The molecule has 0 radical (unpaired) electrons. The van der Waals surface area contributed by atoms with Crippen molar-refractivity contribution in [2.24, 2.45) is 0 Å². The van der Waals surface area contributed by atoms with Gasteiger partial charge < -0.3 is 29.5 Å². The van der Waals surface area contributed by atoms with E-state index in [-0.39, 0.29) is 5.04 Å². The fourth-order valence-electron chi connectivity index (χ4n) is 4.25. The Hall–Kier alpha value is -1.56. The molecule has 0 aromatic carbocycles. The van der Waals surface area contributed by atoms with E-state index < -0.39 is 37.7 Å². The lowest BCUT2D eigenvalue weighted by atomic mass is 9.88. The molecule has 2 fully saturated rings. The number of aliphatic hydroxyl groups is 1. The first-order valence-electron chi connectivity index (χ1n) is 10.6. The lowest BCUT2D eigenvalue weighted by Gasteiger charge is -2.37. The molecule has 0 spiro atoms. The van der Waals surface area contributed by atoms with Crippen LogP contribution >= 0.6 is 0 Å². The van der Waals surface area contributed by atoms with Crippen LogP contribution in [0.15, 0.2) is 18.5 Å². The van der Waals surface area contributed by atoms with Crippen molar-refractivity contribution in [3.63, 3.8) is 0 Å². The SMILES string of the molecule is CC1(C)O[C@@H]2[C@@H](CO[Si](C)(C)C(C)(C)C)OC(O)(c3ccc4c(N)ncnn34)[C@]2(C)O1. The van der Waals surface area contributed by atoms with Crippen LogP contribution in [0.5, 0.6) is 0 Å². The number of nitrogens with two attached hydrogens (primary N) is 1. The van der Waals surface area contributed by atoms with Gasteiger partial charge in [0.05, 0.1) is 6.61 Å². The summed E-state index contributed by atoms with van der Waals surface area (Å²) in [5, 5.41) is 16.3. The molecular formula is C21H34N4O5Si. The van der Waals surface area contributed by atoms with Crippen LogP contribution in [0.3, 0.4) is 0 Å². The van der Waals surface area contributed by atoms with Crippen LogP contribution in [0, 0.1) is 0 Å². The second-order valence-corrected chi connectivity index (χ2v) is 15.5.